The van der Waals surface area contributed by atoms with E-state index >= 15 is 0 Å². The summed E-state index contributed by atoms with van der Waals surface area (Å²) in [5.74, 6) is 0.320. The van der Waals surface area contributed by atoms with Crippen molar-refractivity contribution in [1.29, 1.82) is 0 Å². The molecule has 0 aromatic carbocycles. The monoisotopic (exact) mass is 360 g/mol. The van der Waals surface area contributed by atoms with Crippen LogP contribution in [0.4, 0.5) is 0 Å². The van der Waals surface area contributed by atoms with Crippen molar-refractivity contribution in [3.05, 3.63) is 19.9 Å². The zero-order valence-corrected chi connectivity index (χ0v) is 12.1. The Hall–Kier alpha value is 0.150. The van der Waals surface area contributed by atoms with Gasteiger partial charge in [0.25, 0.3) is 5.91 Å². The van der Waals surface area contributed by atoms with Crippen molar-refractivity contribution < 1.29 is 4.79 Å². The summed E-state index contributed by atoms with van der Waals surface area (Å²) in [5.41, 5.74) is 6.19. The Morgan fingerprint density at radius 3 is 2.87 bits per heavy atom. The van der Waals surface area contributed by atoms with Crippen LogP contribution in [0, 0.1) is 8.80 Å². The van der Waals surface area contributed by atoms with E-state index in [4.69, 9.17) is 5.73 Å². The number of rotatable bonds is 4. The maximum Gasteiger partial charge on any atom is 0.252 e. The Kier molecular flexibility index (Phi) is 7.50. The van der Waals surface area contributed by atoms with Crippen molar-refractivity contribution in [2.45, 2.75) is 6.92 Å². The van der Waals surface area contributed by atoms with E-state index in [0.29, 0.717) is 19.0 Å². The SMILES string of the molecule is CC(CN)CNC(=O)c1csc(I)c1.Cl. The molecule has 0 aliphatic rings. The van der Waals surface area contributed by atoms with E-state index in [9.17, 15) is 4.79 Å². The zero-order chi connectivity index (χ0) is 10.6. The second-order valence-electron chi connectivity index (χ2n) is 3.19. The summed E-state index contributed by atoms with van der Waals surface area (Å²) < 4.78 is 1.12. The van der Waals surface area contributed by atoms with Gasteiger partial charge < -0.3 is 11.1 Å². The van der Waals surface area contributed by atoms with E-state index in [0.717, 1.165) is 8.45 Å². The van der Waals surface area contributed by atoms with Gasteiger partial charge in [0.1, 0.15) is 0 Å². The van der Waals surface area contributed by atoms with Crippen LogP contribution >= 0.6 is 46.3 Å². The molecular formula is C9H14ClIN2OS. The van der Waals surface area contributed by atoms with Gasteiger partial charge in [0.05, 0.1) is 8.45 Å². The summed E-state index contributed by atoms with van der Waals surface area (Å²) in [7, 11) is 0. The maximum atomic E-state index is 11.5. The predicted molar refractivity (Wildman–Crippen MR) is 74.8 cm³/mol. The smallest absolute Gasteiger partial charge is 0.252 e. The Morgan fingerprint density at radius 2 is 2.40 bits per heavy atom. The lowest BCUT2D eigenvalue weighted by atomic mass is 10.2. The minimum Gasteiger partial charge on any atom is -0.352 e. The first-order valence-corrected chi connectivity index (χ1v) is 6.31. The largest absolute Gasteiger partial charge is 0.352 e. The lowest BCUT2D eigenvalue weighted by molar-refractivity contribution is 0.0949. The third kappa shape index (κ3) is 5.14. The van der Waals surface area contributed by atoms with Gasteiger partial charge in [0.15, 0.2) is 0 Å². The summed E-state index contributed by atoms with van der Waals surface area (Å²) in [6.07, 6.45) is 0. The number of carbonyl (C=O) groups excluding carboxylic acids is 1. The molecule has 3 nitrogen and oxygen atoms in total. The van der Waals surface area contributed by atoms with Gasteiger partial charge in [-0.05, 0) is 41.1 Å². The van der Waals surface area contributed by atoms with Gasteiger partial charge in [-0.15, -0.1) is 23.7 Å². The van der Waals surface area contributed by atoms with E-state index in [2.05, 4.69) is 27.9 Å². The topological polar surface area (TPSA) is 55.1 Å². The summed E-state index contributed by atoms with van der Waals surface area (Å²) in [6, 6.07) is 1.88. The first kappa shape index (κ1) is 15.2. The van der Waals surface area contributed by atoms with Crippen LogP contribution in [0.2, 0.25) is 0 Å². The van der Waals surface area contributed by atoms with E-state index in [1.165, 1.54) is 0 Å². The van der Waals surface area contributed by atoms with Crippen molar-refractivity contribution in [2.24, 2.45) is 11.7 Å². The average Bonchev–Trinajstić information content (AvgIpc) is 2.60. The molecule has 1 amide bonds. The van der Waals surface area contributed by atoms with Gasteiger partial charge in [-0.25, -0.2) is 0 Å². The fourth-order valence-corrected chi connectivity index (χ4v) is 2.21. The molecule has 1 aromatic rings. The Balaban J connectivity index is 0.00000196. The molecular weight excluding hydrogens is 347 g/mol. The van der Waals surface area contributed by atoms with Gasteiger partial charge in [0, 0.05) is 11.9 Å². The normalized spacial score (nSPS) is 11.7. The number of hydrogen-bond acceptors (Lipinski definition) is 3. The molecule has 1 atom stereocenters. The van der Waals surface area contributed by atoms with Crippen molar-refractivity contribution in [2.75, 3.05) is 13.1 Å². The van der Waals surface area contributed by atoms with Crippen molar-refractivity contribution in [1.82, 2.24) is 5.32 Å². The highest BCUT2D eigenvalue weighted by Crippen LogP contribution is 2.16. The molecule has 86 valence electrons. The molecule has 0 radical (unpaired) electrons. The minimum absolute atomic E-state index is 0. The lowest BCUT2D eigenvalue weighted by Gasteiger charge is -2.08. The number of amides is 1. The fourth-order valence-electron chi connectivity index (χ4n) is 0.881. The molecule has 1 unspecified atom stereocenters. The number of nitrogens with one attached hydrogen (secondary N) is 1. The van der Waals surface area contributed by atoms with E-state index in [1.54, 1.807) is 11.3 Å². The van der Waals surface area contributed by atoms with Crippen LogP contribution in [-0.4, -0.2) is 19.0 Å². The van der Waals surface area contributed by atoms with Crippen LogP contribution in [-0.2, 0) is 0 Å². The van der Waals surface area contributed by atoms with E-state index in [-0.39, 0.29) is 18.3 Å². The van der Waals surface area contributed by atoms with Crippen molar-refractivity contribution in [3.8, 4) is 0 Å². The average molecular weight is 361 g/mol. The molecule has 0 aliphatic heterocycles. The number of nitrogens with two attached hydrogens (primary N) is 1. The van der Waals surface area contributed by atoms with Crippen LogP contribution in [0.25, 0.3) is 0 Å². The first-order chi connectivity index (χ1) is 6.63. The molecule has 15 heavy (non-hydrogen) atoms. The quantitative estimate of drug-likeness (QED) is 0.808. The summed E-state index contributed by atoms with van der Waals surface area (Å²) in [6.45, 7) is 3.25. The molecule has 0 fully saturated rings. The Morgan fingerprint density at radius 1 is 1.73 bits per heavy atom. The van der Waals surface area contributed by atoms with Crippen LogP contribution < -0.4 is 11.1 Å². The van der Waals surface area contributed by atoms with Gasteiger partial charge in [-0.1, -0.05) is 6.92 Å². The number of halogens is 2. The zero-order valence-electron chi connectivity index (χ0n) is 8.33. The van der Waals surface area contributed by atoms with Gasteiger partial charge >= 0.3 is 0 Å². The molecule has 0 saturated carbocycles. The van der Waals surface area contributed by atoms with Gasteiger partial charge in [0.2, 0.25) is 0 Å². The van der Waals surface area contributed by atoms with Crippen molar-refractivity contribution in [3.63, 3.8) is 0 Å². The lowest BCUT2D eigenvalue weighted by Crippen LogP contribution is -2.30. The second kappa shape index (κ2) is 7.43. The molecule has 1 heterocycles. The van der Waals surface area contributed by atoms with Crippen LogP contribution in [0.15, 0.2) is 11.4 Å². The van der Waals surface area contributed by atoms with Crippen LogP contribution in [0.3, 0.4) is 0 Å². The highest BCUT2D eigenvalue weighted by Gasteiger charge is 2.08. The standard InChI is InChI=1S/C9H13IN2OS.ClH/c1-6(3-11)4-12-9(13)7-2-8(10)14-5-7;/h2,5-6H,3-4,11H2,1H3,(H,12,13);1H. The third-order valence-electron chi connectivity index (χ3n) is 1.84. The van der Waals surface area contributed by atoms with Crippen LogP contribution in [0.1, 0.15) is 17.3 Å². The summed E-state index contributed by atoms with van der Waals surface area (Å²) >= 11 is 3.78. The Labute approximate surface area is 113 Å². The molecule has 0 bridgehead atoms. The molecule has 0 spiro atoms. The second-order valence-corrected chi connectivity index (χ2v) is 6.00. The Bertz CT molecular complexity index is 319. The molecule has 1 rings (SSSR count). The molecule has 1 aromatic heterocycles. The number of thiophene rings is 1. The number of carbonyl (C=O) groups is 1. The first-order valence-electron chi connectivity index (χ1n) is 4.35. The molecule has 0 aliphatic carbocycles. The van der Waals surface area contributed by atoms with E-state index < -0.39 is 0 Å². The molecule has 6 heteroatoms. The third-order valence-corrected chi connectivity index (χ3v) is 3.63. The van der Waals surface area contributed by atoms with Crippen molar-refractivity contribution >= 4 is 52.2 Å². The van der Waals surface area contributed by atoms with Gasteiger partial charge in [-0.3, -0.25) is 4.79 Å². The molecule has 3 N–H and O–H groups in total. The highest BCUT2D eigenvalue weighted by atomic mass is 127. The summed E-state index contributed by atoms with van der Waals surface area (Å²) in [4.78, 5) is 11.5. The predicted octanol–water partition coefficient (Wildman–Crippen LogP) is 2.10. The van der Waals surface area contributed by atoms with Gasteiger partial charge in [-0.2, -0.15) is 0 Å². The maximum absolute atomic E-state index is 11.5. The van der Waals surface area contributed by atoms with Crippen LogP contribution in [0.5, 0.6) is 0 Å². The number of hydrogen-bond donors (Lipinski definition) is 2. The highest BCUT2D eigenvalue weighted by molar-refractivity contribution is 14.1. The fraction of sp³-hybridized carbons (Fsp3) is 0.444. The van der Waals surface area contributed by atoms with E-state index in [1.807, 2.05) is 18.4 Å². The molecule has 0 saturated heterocycles. The summed E-state index contributed by atoms with van der Waals surface area (Å²) in [5, 5.41) is 4.71. The minimum atomic E-state index is -0.00975.